The Morgan fingerprint density at radius 1 is 1.05 bits per heavy atom. The molecule has 1 atom stereocenters. The van der Waals surface area contributed by atoms with E-state index in [0.717, 1.165) is 25.9 Å². The first-order valence-electron chi connectivity index (χ1n) is 8.47. The van der Waals surface area contributed by atoms with Crippen molar-refractivity contribution in [3.05, 3.63) is 0 Å². The number of nitrogens with zero attached hydrogens (tertiary/aromatic N) is 1. The van der Waals surface area contributed by atoms with E-state index in [9.17, 15) is 13.2 Å². The molecule has 5 heteroatoms. The minimum absolute atomic E-state index is 0.112. The van der Waals surface area contributed by atoms with E-state index in [1.54, 1.807) is 0 Å². The second kappa shape index (κ2) is 7.32. The van der Waals surface area contributed by atoms with Crippen molar-refractivity contribution < 1.29 is 13.2 Å². The van der Waals surface area contributed by atoms with Gasteiger partial charge in [0.05, 0.1) is 0 Å². The van der Waals surface area contributed by atoms with Crippen LogP contribution in [-0.4, -0.2) is 42.8 Å². The van der Waals surface area contributed by atoms with Gasteiger partial charge < -0.3 is 5.32 Å². The summed E-state index contributed by atoms with van der Waals surface area (Å²) >= 11 is 0. The van der Waals surface area contributed by atoms with Gasteiger partial charge >= 0.3 is 6.18 Å². The van der Waals surface area contributed by atoms with Gasteiger partial charge in [0.1, 0.15) is 0 Å². The highest BCUT2D eigenvalue weighted by molar-refractivity contribution is 5.03. The van der Waals surface area contributed by atoms with Gasteiger partial charge in [0.25, 0.3) is 0 Å². The SMILES string of the molecule is CNC(CCCC(F)(F)F)C1(N2CCCCC2)CCCC1. The highest BCUT2D eigenvalue weighted by Crippen LogP contribution is 2.41. The van der Waals surface area contributed by atoms with Gasteiger partial charge in [0.2, 0.25) is 0 Å². The van der Waals surface area contributed by atoms with Gasteiger partial charge in [-0.15, -0.1) is 0 Å². The van der Waals surface area contributed by atoms with E-state index < -0.39 is 12.6 Å². The number of piperidine rings is 1. The largest absolute Gasteiger partial charge is 0.389 e. The molecule has 1 N–H and O–H groups in total. The molecular formula is C16H29F3N2. The van der Waals surface area contributed by atoms with Crippen LogP contribution in [0.2, 0.25) is 0 Å². The molecule has 1 saturated heterocycles. The molecule has 2 aliphatic rings. The number of nitrogens with one attached hydrogen (secondary N) is 1. The topological polar surface area (TPSA) is 15.3 Å². The Balaban J connectivity index is 2.00. The molecule has 1 heterocycles. The summed E-state index contributed by atoms with van der Waals surface area (Å²) in [5.41, 5.74) is 0.112. The number of rotatable bonds is 6. The van der Waals surface area contributed by atoms with Crippen LogP contribution in [0.3, 0.4) is 0 Å². The molecule has 0 aromatic heterocycles. The van der Waals surface area contributed by atoms with Crippen LogP contribution in [0.5, 0.6) is 0 Å². The summed E-state index contributed by atoms with van der Waals surface area (Å²) in [6.07, 6.45) is 4.69. The third-order valence-electron chi connectivity index (χ3n) is 5.41. The molecule has 0 radical (unpaired) electrons. The monoisotopic (exact) mass is 306 g/mol. The summed E-state index contributed by atoms with van der Waals surface area (Å²) in [6, 6.07) is 0.195. The van der Waals surface area contributed by atoms with Crippen molar-refractivity contribution in [2.45, 2.75) is 82.0 Å². The van der Waals surface area contributed by atoms with E-state index in [4.69, 9.17) is 0 Å². The van der Waals surface area contributed by atoms with Gasteiger partial charge in [-0.2, -0.15) is 13.2 Å². The van der Waals surface area contributed by atoms with Gasteiger partial charge in [-0.3, -0.25) is 4.90 Å². The number of alkyl halides is 3. The van der Waals surface area contributed by atoms with Crippen molar-refractivity contribution in [1.29, 1.82) is 0 Å². The maximum Gasteiger partial charge on any atom is 0.389 e. The second-order valence-electron chi connectivity index (χ2n) is 6.71. The minimum atomic E-state index is -4.02. The van der Waals surface area contributed by atoms with Crippen LogP contribution in [0.25, 0.3) is 0 Å². The molecule has 0 amide bonds. The minimum Gasteiger partial charge on any atom is -0.315 e. The Bertz CT molecular complexity index is 305. The molecular weight excluding hydrogens is 277 g/mol. The van der Waals surface area contributed by atoms with E-state index in [2.05, 4.69) is 10.2 Å². The highest BCUT2D eigenvalue weighted by atomic mass is 19.4. The fraction of sp³-hybridized carbons (Fsp3) is 1.00. The van der Waals surface area contributed by atoms with Crippen LogP contribution >= 0.6 is 0 Å². The number of likely N-dealkylation sites (tertiary alicyclic amines) is 1. The molecule has 1 saturated carbocycles. The number of hydrogen-bond acceptors (Lipinski definition) is 2. The molecule has 124 valence electrons. The van der Waals surface area contributed by atoms with Crippen molar-refractivity contribution >= 4 is 0 Å². The summed E-state index contributed by atoms with van der Waals surface area (Å²) in [5, 5.41) is 3.36. The number of halogens is 3. The van der Waals surface area contributed by atoms with Crippen molar-refractivity contribution in [3.8, 4) is 0 Å². The Morgan fingerprint density at radius 2 is 1.67 bits per heavy atom. The van der Waals surface area contributed by atoms with Crippen LogP contribution < -0.4 is 5.32 Å². The third-order valence-corrected chi connectivity index (χ3v) is 5.41. The second-order valence-corrected chi connectivity index (χ2v) is 6.71. The van der Waals surface area contributed by atoms with E-state index in [1.807, 2.05) is 7.05 Å². The molecule has 2 rings (SSSR count). The zero-order valence-corrected chi connectivity index (χ0v) is 13.1. The highest BCUT2D eigenvalue weighted by Gasteiger charge is 2.45. The third kappa shape index (κ3) is 4.35. The summed E-state index contributed by atoms with van der Waals surface area (Å²) in [7, 11) is 1.92. The average molecular weight is 306 g/mol. The predicted molar refractivity (Wildman–Crippen MR) is 79.4 cm³/mol. The molecule has 1 unspecified atom stereocenters. The molecule has 0 aromatic carbocycles. The summed E-state index contributed by atoms with van der Waals surface area (Å²) in [4.78, 5) is 2.60. The van der Waals surface area contributed by atoms with Crippen molar-refractivity contribution in [2.24, 2.45) is 0 Å². The average Bonchev–Trinajstić information content (AvgIpc) is 2.94. The summed E-state index contributed by atoms with van der Waals surface area (Å²) < 4.78 is 37.2. The van der Waals surface area contributed by atoms with Crippen molar-refractivity contribution in [1.82, 2.24) is 10.2 Å². The standard InChI is InChI=1S/C16H29F3N2/c1-20-14(8-7-11-16(17,18)19)15(9-3-4-10-15)21-12-5-2-6-13-21/h14,20H,2-13H2,1H3. The van der Waals surface area contributed by atoms with Crippen LogP contribution in [0.15, 0.2) is 0 Å². The number of likely N-dealkylation sites (N-methyl/N-ethyl adjacent to an activating group) is 1. The summed E-state index contributed by atoms with van der Waals surface area (Å²) in [6.45, 7) is 2.24. The molecule has 2 nitrogen and oxygen atoms in total. The molecule has 2 fully saturated rings. The van der Waals surface area contributed by atoms with E-state index in [-0.39, 0.29) is 18.0 Å². The Hall–Kier alpha value is -0.290. The van der Waals surface area contributed by atoms with E-state index in [1.165, 1.54) is 32.1 Å². The van der Waals surface area contributed by atoms with Crippen LogP contribution in [0, 0.1) is 0 Å². The smallest absolute Gasteiger partial charge is 0.315 e. The van der Waals surface area contributed by atoms with Crippen LogP contribution in [0.1, 0.15) is 64.2 Å². The fourth-order valence-electron chi connectivity index (χ4n) is 4.40. The molecule has 0 aromatic rings. The van der Waals surface area contributed by atoms with Crippen molar-refractivity contribution in [2.75, 3.05) is 20.1 Å². The first kappa shape index (κ1) is 17.1. The quantitative estimate of drug-likeness (QED) is 0.794. The van der Waals surface area contributed by atoms with Gasteiger partial charge in [-0.1, -0.05) is 19.3 Å². The predicted octanol–water partition coefficient (Wildman–Crippen LogP) is 4.11. The van der Waals surface area contributed by atoms with Gasteiger partial charge in [-0.25, -0.2) is 0 Å². The molecule has 21 heavy (non-hydrogen) atoms. The van der Waals surface area contributed by atoms with Crippen molar-refractivity contribution in [3.63, 3.8) is 0 Å². The van der Waals surface area contributed by atoms with Gasteiger partial charge in [0, 0.05) is 18.0 Å². The molecule has 1 aliphatic carbocycles. The Morgan fingerprint density at radius 3 is 2.19 bits per heavy atom. The number of hydrogen-bond donors (Lipinski definition) is 1. The maximum atomic E-state index is 12.4. The Labute approximate surface area is 126 Å². The molecule has 0 spiro atoms. The van der Waals surface area contributed by atoms with E-state index in [0.29, 0.717) is 6.42 Å². The lowest BCUT2D eigenvalue weighted by Crippen LogP contribution is -2.60. The maximum absolute atomic E-state index is 12.4. The fourth-order valence-corrected chi connectivity index (χ4v) is 4.40. The Kier molecular flexibility index (Phi) is 5.95. The molecule has 0 bridgehead atoms. The van der Waals surface area contributed by atoms with Crippen LogP contribution in [0.4, 0.5) is 13.2 Å². The first-order valence-corrected chi connectivity index (χ1v) is 8.47. The first-order chi connectivity index (χ1) is 9.98. The normalized spacial score (nSPS) is 25.1. The zero-order valence-electron chi connectivity index (χ0n) is 13.1. The molecule has 1 aliphatic heterocycles. The van der Waals surface area contributed by atoms with Gasteiger partial charge in [0.15, 0.2) is 0 Å². The summed E-state index contributed by atoms with van der Waals surface area (Å²) in [5.74, 6) is 0. The zero-order chi connectivity index (χ0) is 15.3. The van der Waals surface area contributed by atoms with Gasteiger partial charge in [-0.05, 0) is 58.7 Å². The lowest BCUT2D eigenvalue weighted by atomic mass is 9.82. The lowest BCUT2D eigenvalue weighted by Gasteiger charge is -2.48. The lowest BCUT2D eigenvalue weighted by molar-refractivity contribution is -0.136. The van der Waals surface area contributed by atoms with E-state index >= 15 is 0 Å². The van der Waals surface area contributed by atoms with Crippen LogP contribution in [-0.2, 0) is 0 Å².